The molecule has 0 aromatic heterocycles. The predicted octanol–water partition coefficient (Wildman–Crippen LogP) is 2.19. The highest BCUT2D eigenvalue weighted by molar-refractivity contribution is 9.10. The van der Waals surface area contributed by atoms with Crippen molar-refractivity contribution in [2.45, 2.75) is 5.54 Å². The molecular weight excluding hydrogens is 516 g/mol. The fraction of sp³-hybridized carbons (Fsp3) is 0.273. The first-order valence-corrected chi connectivity index (χ1v) is 11.5. The van der Waals surface area contributed by atoms with Crippen molar-refractivity contribution in [1.29, 1.82) is 0 Å². The van der Waals surface area contributed by atoms with Gasteiger partial charge in [0.05, 0.1) is 0 Å². The van der Waals surface area contributed by atoms with Crippen LogP contribution < -0.4 is 15.4 Å². The van der Waals surface area contributed by atoms with Crippen LogP contribution in [0.5, 0.6) is 11.5 Å². The number of barbiturate groups is 1. The SMILES string of the molecule is O=C1NC(=O)C(c2ccc(Oc3ccc(Br)cc3)cc2)(N2CCN(C(=O)CCl)CC2)C(=O)N1. The van der Waals surface area contributed by atoms with Gasteiger partial charge in [0.2, 0.25) is 11.4 Å². The van der Waals surface area contributed by atoms with Crippen molar-refractivity contribution >= 4 is 51.3 Å². The van der Waals surface area contributed by atoms with E-state index in [0.717, 1.165) is 4.47 Å². The molecule has 172 valence electrons. The number of hydrogen-bond acceptors (Lipinski definition) is 6. The van der Waals surface area contributed by atoms with E-state index in [1.165, 1.54) is 0 Å². The molecule has 2 N–H and O–H groups in total. The molecule has 0 unspecified atom stereocenters. The third kappa shape index (κ3) is 4.46. The Bertz CT molecular complexity index is 1060. The predicted molar refractivity (Wildman–Crippen MR) is 123 cm³/mol. The van der Waals surface area contributed by atoms with Gasteiger partial charge in [-0.05, 0) is 42.0 Å². The molecule has 9 nitrogen and oxygen atoms in total. The Labute approximate surface area is 203 Å². The Balaban J connectivity index is 1.63. The Morgan fingerprint density at radius 3 is 1.94 bits per heavy atom. The molecule has 2 saturated heterocycles. The summed E-state index contributed by atoms with van der Waals surface area (Å²) in [5.41, 5.74) is -1.38. The number of alkyl halides is 1. The van der Waals surface area contributed by atoms with Crippen molar-refractivity contribution in [2.24, 2.45) is 0 Å². The van der Waals surface area contributed by atoms with Crippen molar-refractivity contribution in [3.05, 3.63) is 58.6 Å². The number of amides is 5. The lowest BCUT2D eigenvalue weighted by atomic mass is 9.84. The number of benzene rings is 2. The minimum atomic E-state index is -1.76. The lowest BCUT2D eigenvalue weighted by Gasteiger charge is -2.46. The topological polar surface area (TPSA) is 108 Å². The Hall–Kier alpha value is -2.95. The van der Waals surface area contributed by atoms with E-state index in [0.29, 0.717) is 30.2 Å². The Kier molecular flexibility index (Phi) is 6.68. The van der Waals surface area contributed by atoms with E-state index in [1.807, 2.05) is 12.1 Å². The highest BCUT2D eigenvalue weighted by Gasteiger charge is 2.56. The summed E-state index contributed by atoms with van der Waals surface area (Å²) in [6.45, 7) is 1.09. The quantitative estimate of drug-likeness (QED) is 0.449. The summed E-state index contributed by atoms with van der Waals surface area (Å²) >= 11 is 9.02. The van der Waals surface area contributed by atoms with E-state index < -0.39 is 23.4 Å². The molecule has 0 saturated carbocycles. The van der Waals surface area contributed by atoms with E-state index in [-0.39, 0.29) is 24.9 Å². The number of carbonyl (C=O) groups excluding carboxylic acids is 4. The van der Waals surface area contributed by atoms with Crippen molar-refractivity contribution in [3.63, 3.8) is 0 Å². The average Bonchev–Trinajstić information content (AvgIpc) is 2.81. The maximum atomic E-state index is 13.1. The van der Waals surface area contributed by atoms with Gasteiger partial charge < -0.3 is 9.64 Å². The summed E-state index contributed by atoms with van der Waals surface area (Å²) in [6.07, 6.45) is 0. The van der Waals surface area contributed by atoms with Crippen LogP contribution >= 0.6 is 27.5 Å². The summed E-state index contributed by atoms with van der Waals surface area (Å²) in [6, 6.07) is 13.0. The molecule has 2 aromatic carbocycles. The number of halogens is 2. The molecule has 0 radical (unpaired) electrons. The summed E-state index contributed by atoms with van der Waals surface area (Å²) < 4.78 is 6.75. The summed E-state index contributed by atoms with van der Waals surface area (Å²) in [7, 11) is 0. The second kappa shape index (κ2) is 9.50. The first kappa shape index (κ1) is 23.2. The lowest BCUT2D eigenvalue weighted by molar-refractivity contribution is -0.151. The van der Waals surface area contributed by atoms with Crippen molar-refractivity contribution in [3.8, 4) is 11.5 Å². The molecule has 4 rings (SSSR count). The number of hydrogen-bond donors (Lipinski definition) is 2. The largest absolute Gasteiger partial charge is 0.457 e. The van der Waals surface area contributed by atoms with Crippen molar-refractivity contribution < 1.29 is 23.9 Å². The minimum absolute atomic E-state index is 0.138. The van der Waals surface area contributed by atoms with Gasteiger partial charge in [0, 0.05) is 30.7 Å². The maximum Gasteiger partial charge on any atom is 0.328 e. The zero-order valence-electron chi connectivity index (χ0n) is 17.3. The lowest BCUT2D eigenvalue weighted by Crippen LogP contribution is -2.73. The van der Waals surface area contributed by atoms with Crippen LogP contribution in [0.2, 0.25) is 0 Å². The molecule has 0 atom stereocenters. The van der Waals surface area contributed by atoms with Gasteiger partial charge in [0.1, 0.15) is 17.4 Å². The summed E-state index contributed by atoms with van der Waals surface area (Å²) in [5.74, 6) is -0.696. The molecule has 0 spiro atoms. The number of imide groups is 2. The second-order valence-electron chi connectivity index (χ2n) is 7.53. The zero-order valence-corrected chi connectivity index (χ0v) is 19.7. The number of rotatable bonds is 5. The van der Waals surface area contributed by atoms with Crippen LogP contribution in [0.1, 0.15) is 5.56 Å². The Morgan fingerprint density at radius 1 is 0.909 bits per heavy atom. The van der Waals surface area contributed by atoms with Gasteiger partial charge in [-0.25, -0.2) is 4.79 Å². The molecular formula is C22H20BrClN4O5. The summed E-state index contributed by atoms with van der Waals surface area (Å²) in [4.78, 5) is 53.2. The van der Waals surface area contributed by atoms with Crippen molar-refractivity contribution in [2.75, 3.05) is 32.1 Å². The zero-order chi connectivity index (χ0) is 23.6. The minimum Gasteiger partial charge on any atom is -0.457 e. The molecule has 2 heterocycles. The number of piperazine rings is 1. The van der Waals surface area contributed by atoms with Gasteiger partial charge in [0.15, 0.2) is 0 Å². The van der Waals surface area contributed by atoms with Gasteiger partial charge in [-0.2, -0.15) is 0 Å². The number of nitrogens with zero attached hydrogens (tertiary/aromatic N) is 2. The van der Waals surface area contributed by atoms with Gasteiger partial charge in [0.25, 0.3) is 11.8 Å². The highest BCUT2D eigenvalue weighted by atomic mass is 79.9. The van der Waals surface area contributed by atoms with Crippen LogP contribution in [-0.4, -0.2) is 65.6 Å². The van der Waals surface area contributed by atoms with Crippen LogP contribution in [0.15, 0.2) is 53.0 Å². The normalized spacial score (nSPS) is 18.5. The third-order valence-electron chi connectivity index (χ3n) is 5.65. The Morgan fingerprint density at radius 2 is 1.42 bits per heavy atom. The first-order valence-electron chi connectivity index (χ1n) is 10.1. The molecule has 2 aliphatic heterocycles. The molecule has 2 aromatic rings. The van der Waals surface area contributed by atoms with Crippen LogP contribution in [-0.2, 0) is 19.9 Å². The highest BCUT2D eigenvalue weighted by Crippen LogP contribution is 2.34. The van der Waals surface area contributed by atoms with Crippen molar-refractivity contribution in [1.82, 2.24) is 20.4 Å². The molecule has 2 aliphatic rings. The number of ether oxygens (including phenoxy) is 1. The molecule has 33 heavy (non-hydrogen) atoms. The number of urea groups is 1. The maximum absolute atomic E-state index is 13.1. The molecule has 2 fully saturated rings. The van der Waals surface area contributed by atoms with Crippen LogP contribution in [0.3, 0.4) is 0 Å². The van der Waals surface area contributed by atoms with Gasteiger partial charge in [-0.15, -0.1) is 11.6 Å². The number of nitrogens with one attached hydrogen (secondary N) is 2. The van der Waals surface area contributed by atoms with E-state index in [1.54, 1.807) is 46.2 Å². The van der Waals surface area contributed by atoms with Crippen LogP contribution in [0.25, 0.3) is 0 Å². The van der Waals surface area contributed by atoms with Crippen LogP contribution in [0.4, 0.5) is 4.79 Å². The van der Waals surface area contributed by atoms with Gasteiger partial charge >= 0.3 is 6.03 Å². The van der Waals surface area contributed by atoms with E-state index in [9.17, 15) is 19.2 Å². The van der Waals surface area contributed by atoms with Gasteiger partial charge in [-0.3, -0.25) is 29.9 Å². The second-order valence-corrected chi connectivity index (χ2v) is 8.71. The van der Waals surface area contributed by atoms with Gasteiger partial charge in [-0.1, -0.05) is 28.1 Å². The van der Waals surface area contributed by atoms with E-state index in [2.05, 4.69) is 26.6 Å². The van der Waals surface area contributed by atoms with Crippen LogP contribution in [0, 0.1) is 0 Å². The molecule has 11 heteroatoms. The average molecular weight is 536 g/mol. The van der Waals surface area contributed by atoms with E-state index >= 15 is 0 Å². The monoisotopic (exact) mass is 534 g/mol. The molecule has 0 aliphatic carbocycles. The number of carbonyl (C=O) groups is 4. The molecule has 5 amide bonds. The standard InChI is InChI=1S/C22H20BrClN4O5/c23-15-3-7-17(8-4-15)33-16-5-1-14(2-6-16)22(19(30)25-21(32)26-20(22)31)28-11-9-27(10-12-28)18(29)13-24/h1-8H,9-13H2,(H2,25,26,30,31,32). The summed E-state index contributed by atoms with van der Waals surface area (Å²) in [5, 5.41) is 4.42. The fourth-order valence-corrected chi connectivity index (χ4v) is 4.47. The van der Waals surface area contributed by atoms with E-state index in [4.69, 9.17) is 16.3 Å². The smallest absolute Gasteiger partial charge is 0.328 e. The third-order valence-corrected chi connectivity index (χ3v) is 6.41. The fourth-order valence-electron chi connectivity index (χ4n) is 4.03. The molecule has 0 bridgehead atoms. The first-order chi connectivity index (χ1) is 15.8.